The fraction of sp³-hybridized carbons (Fsp3) is 0.0909. The number of rotatable bonds is 10. The van der Waals surface area contributed by atoms with Gasteiger partial charge in [-0.25, -0.2) is 14.1 Å². The van der Waals surface area contributed by atoms with Crippen molar-refractivity contribution in [1.82, 2.24) is 5.32 Å². The zero-order valence-corrected chi connectivity index (χ0v) is 25.3. The maximum atomic E-state index is 13.9. The van der Waals surface area contributed by atoms with E-state index in [1.165, 1.54) is 37.5 Å². The van der Waals surface area contributed by atoms with Crippen LogP contribution in [0.4, 0.5) is 20.6 Å². The number of hydrogen-bond acceptors (Lipinski definition) is 7. The summed E-state index contributed by atoms with van der Waals surface area (Å²) in [6.07, 6.45) is 1.30. The van der Waals surface area contributed by atoms with E-state index < -0.39 is 36.2 Å². The van der Waals surface area contributed by atoms with Crippen LogP contribution in [0.2, 0.25) is 0 Å². The first-order valence-electron chi connectivity index (χ1n) is 13.5. The van der Waals surface area contributed by atoms with Crippen LogP contribution in [0.3, 0.4) is 0 Å². The number of hydrogen-bond donors (Lipinski definition) is 2. The van der Waals surface area contributed by atoms with E-state index in [0.29, 0.717) is 22.4 Å². The second kappa shape index (κ2) is 13.9. The highest BCUT2D eigenvalue weighted by atomic mass is 79.9. The van der Waals surface area contributed by atoms with E-state index in [2.05, 4.69) is 26.6 Å². The Morgan fingerprint density at radius 1 is 0.956 bits per heavy atom. The lowest BCUT2D eigenvalue weighted by atomic mass is 10.1. The van der Waals surface area contributed by atoms with E-state index in [1.807, 2.05) is 30.3 Å². The molecule has 1 saturated heterocycles. The summed E-state index contributed by atoms with van der Waals surface area (Å²) < 4.78 is 31.0. The van der Waals surface area contributed by atoms with E-state index in [0.717, 1.165) is 10.5 Å². The van der Waals surface area contributed by atoms with Crippen LogP contribution in [-0.4, -0.2) is 37.5 Å². The number of benzene rings is 4. The number of anilines is 2. The Balaban J connectivity index is 1.31. The average molecular weight is 674 g/mol. The van der Waals surface area contributed by atoms with Crippen molar-refractivity contribution in [2.24, 2.45) is 0 Å². The quantitative estimate of drug-likeness (QED) is 0.160. The average Bonchev–Trinajstić information content (AvgIpc) is 3.03. The number of imide groups is 2. The Bertz CT molecular complexity index is 1800. The van der Waals surface area contributed by atoms with Gasteiger partial charge in [0, 0.05) is 0 Å². The second-order valence-electron chi connectivity index (χ2n) is 9.58. The molecule has 0 radical (unpaired) electrons. The summed E-state index contributed by atoms with van der Waals surface area (Å²) in [6.45, 7) is -0.119. The maximum absolute atomic E-state index is 13.9. The van der Waals surface area contributed by atoms with Crippen LogP contribution < -0.4 is 29.7 Å². The van der Waals surface area contributed by atoms with Crippen LogP contribution in [0.15, 0.2) is 101 Å². The minimum absolute atomic E-state index is 0.00869. The summed E-state index contributed by atoms with van der Waals surface area (Å²) in [4.78, 5) is 52.0. The molecular formula is C33H25BrFN3O7. The van der Waals surface area contributed by atoms with E-state index in [1.54, 1.807) is 36.4 Å². The number of carbonyl (C=O) groups excluding carboxylic acids is 4. The predicted octanol–water partition coefficient (Wildman–Crippen LogP) is 5.86. The lowest BCUT2D eigenvalue weighted by molar-refractivity contribution is -0.122. The van der Waals surface area contributed by atoms with Gasteiger partial charge in [0.05, 0.1) is 23.0 Å². The molecule has 12 heteroatoms. The molecule has 0 atom stereocenters. The van der Waals surface area contributed by atoms with Gasteiger partial charge in [-0.3, -0.25) is 19.7 Å². The molecule has 0 bridgehead atoms. The summed E-state index contributed by atoms with van der Waals surface area (Å²) >= 11 is 3.37. The molecule has 1 aliphatic heterocycles. The zero-order valence-electron chi connectivity index (χ0n) is 23.7. The van der Waals surface area contributed by atoms with Crippen molar-refractivity contribution in [1.29, 1.82) is 0 Å². The molecule has 5 amide bonds. The smallest absolute Gasteiger partial charge is 0.335 e. The van der Waals surface area contributed by atoms with E-state index in [-0.39, 0.29) is 28.4 Å². The summed E-state index contributed by atoms with van der Waals surface area (Å²) in [5.41, 5.74) is 1.28. The van der Waals surface area contributed by atoms with E-state index in [4.69, 9.17) is 14.2 Å². The zero-order chi connectivity index (χ0) is 31.9. The molecule has 4 aromatic rings. The van der Waals surface area contributed by atoms with Crippen molar-refractivity contribution in [2.75, 3.05) is 23.9 Å². The van der Waals surface area contributed by atoms with Crippen LogP contribution in [-0.2, 0) is 21.0 Å². The second-order valence-corrected chi connectivity index (χ2v) is 10.4. The first-order chi connectivity index (χ1) is 21.7. The Morgan fingerprint density at radius 2 is 1.67 bits per heavy atom. The first-order valence-corrected chi connectivity index (χ1v) is 14.3. The summed E-state index contributed by atoms with van der Waals surface area (Å²) in [6, 6.07) is 23.8. The fourth-order valence-corrected chi connectivity index (χ4v) is 4.91. The van der Waals surface area contributed by atoms with Gasteiger partial charge in [0.25, 0.3) is 17.7 Å². The molecule has 4 aromatic carbocycles. The number of nitrogens with zero attached hydrogens (tertiary/aromatic N) is 1. The SMILES string of the molecule is COc1cc(/C=C2/C(=O)NC(=O)N(c3ccc(OCc4ccccc4)cc3)C2=O)cc(Br)c1OCC(=O)Nc1ccccc1F. The highest BCUT2D eigenvalue weighted by molar-refractivity contribution is 9.10. The molecule has 10 nitrogen and oxygen atoms in total. The largest absolute Gasteiger partial charge is 0.493 e. The number of methoxy groups -OCH3 is 1. The predicted molar refractivity (Wildman–Crippen MR) is 167 cm³/mol. The molecule has 0 aliphatic carbocycles. The third-order valence-corrected chi connectivity index (χ3v) is 7.09. The van der Waals surface area contributed by atoms with E-state index >= 15 is 0 Å². The molecule has 45 heavy (non-hydrogen) atoms. The number of urea groups is 1. The number of halogens is 2. The van der Waals surface area contributed by atoms with Gasteiger partial charge in [0.1, 0.15) is 23.7 Å². The number of amides is 5. The molecule has 1 heterocycles. The highest BCUT2D eigenvalue weighted by Crippen LogP contribution is 2.37. The Labute approximate surface area is 265 Å². The fourth-order valence-electron chi connectivity index (χ4n) is 4.34. The Kier molecular flexibility index (Phi) is 9.54. The topological polar surface area (TPSA) is 123 Å². The minimum atomic E-state index is -0.892. The number of nitrogens with one attached hydrogen (secondary N) is 2. The molecule has 1 fully saturated rings. The van der Waals surface area contributed by atoms with E-state index in [9.17, 15) is 23.6 Å². The maximum Gasteiger partial charge on any atom is 0.335 e. The molecule has 228 valence electrons. The van der Waals surface area contributed by atoms with Crippen LogP contribution in [0.1, 0.15) is 11.1 Å². The first kappa shape index (κ1) is 31.0. The van der Waals surface area contributed by atoms with Gasteiger partial charge < -0.3 is 19.5 Å². The van der Waals surface area contributed by atoms with Crippen molar-refractivity contribution in [2.45, 2.75) is 6.61 Å². The van der Waals surface area contributed by atoms with Crippen LogP contribution in [0.5, 0.6) is 17.2 Å². The molecule has 1 aliphatic rings. The summed E-state index contributed by atoms with van der Waals surface area (Å²) in [5.74, 6) is -2.03. The molecular weight excluding hydrogens is 649 g/mol. The van der Waals surface area contributed by atoms with Crippen molar-refractivity contribution < 1.29 is 37.8 Å². The van der Waals surface area contributed by atoms with Crippen LogP contribution >= 0.6 is 15.9 Å². The molecule has 5 rings (SSSR count). The van der Waals surface area contributed by atoms with Gasteiger partial charge in [-0.15, -0.1) is 0 Å². The molecule has 0 saturated carbocycles. The van der Waals surface area contributed by atoms with Gasteiger partial charge in [-0.05, 0) is 81.7 Å². The van der Waals surface area contributed by atoms with Crippen LogP contribution in [0, 0.1) is 5.82 Å². The van der Waals surface area contributed by atoms with Crippen LogP contribution in [0.25, 0.3) is 6.08 Å². The van der Waals surface area contributed by atoms with Crippen molar-refractivity contribution >= 4 is 57.1 Å². The third kappa shape index (κ3) is 7.36. The Morgan fingerprint density at radius 3 is 2.38 bits per heavy atom. The van der Waals surface area contributed by atoms with Gasteiger partial charge in [0.2, 0.25) is 0 Å². The summed E-state index contributed by atoms with van der Waals surface area (Å²) in [5, 5.41) is 4.61. The number of barbiturate groups is 1. The molecule has 0 aromatic heterocycles. The standard InChI is InChI=1S/C33H25BrFN3O7/c1-43-28-17-21(16-25(34)30(28)45-19-29(39)36-27-10-6-5-9-26(27)35)15-24-31(40)37-33(42)38(32(24)41)22-11-13-23(14-12-22)44-18-20-7-3-2-4-8-20/h2-17H,18-19H2,1H3,(H,36,39)(H,37,40,42)/b24-15-. The monoisotopic (exact) mass is 673 g/mol. The lowest BCUT2D eigenvalue weighted by Crippen LogP contribution is -2.54. The van der Waals surface area contributed by atoms with Crippen molar-refractivity contribution in [3.8, 4) is 17.2 Å². The number of ether oxygens (including phenoxy) is 3. The van der Waals surface area contributed by atoms with Crippen molar-refractivity contribution in [3.05, 3.63) is 118 Å². The van der Waals surface area contributed by atoms with Gasteiger partial charge in [0.15, 0.2) is 18.1 Å². The molecule has 0 spiro atoms. The normalized spacial score (nSPS) is 13.8. The van der Waals surface area contributed by atoms with Crippen molar-refractivity contribution in [3.63, 3.8) is 0 Å². The number of carbonyl (C=O) groups is 4. The van der Waals surface area contributed by atoms with Gasteiger partial charge in [-0.1, -0.05) is 42.5 Å². The highest BCUT2D eigenvalue weighted by Gasteiger charge is 2.37. The minimum Gasteiger partial charge on any atom is -0.493 e. The molecule has 2 N–H and O–H groups in total. The lowest BCUT2D eigenvalue weighted by Gasteiger charge is -2.26. The van der Waals surface area contributed by atoms with Gasteiger partial charge >= 0.3 is 6.03 Å². The van der Waals surface area contributed by atoms with Gasteiger partial charge in [-0.2, -0.15) is 0 Å². The third-order valence-electron chi connectivity index (χ3n) is 6.50. The summed E-state index contributed by atoms with van der Waals surface area (Å²) in [7, 11) is 1.37. The molecule has 0 unspecified atom stereocenters. The Hall–Kier alpha value is -5.49. The number of para-hydroxylation sites is 1.